The molecule has 0 atom stereocenters. The number of H-pyrrole nitrogens is 1. The Kier molecular flexibility index (Phi) is 5.28. The van der Waals surface area contributed by atoms with Crippen LogP contribution in [-0.4, -0.2) is 57.1 Å². The summed E-state index contributed by atoms with van der Waals surface area (Å²) in [5, 5.41) is 4.08. The van der Waals surface area contributed by atoms with Gasteiger partial charge in [0, 0.05) is 50.1 Å². The Morgan fingerprint density at radius 1 is 1.31 bits per heavy atom. The van der Waals surface area contributed by atoms with Crippen molar-refractivity contribution in [3.63, 3.8) is 0 Å². The van der Waals surface area contributed by atoms with E-state index >= 15 is 0 Å². The van der Waals surface area contributed by atoms with E-state index in [4.69, 9.17) is 4.52 Å². The molecule has 0 bridgehead atoms. The van der Waals surface area contributed by atoms with Gasteiger partial charge in [-0.1, -0.05) is 5.16 Å². The van der Waals surface area contributed by atoms with Crippen LogP contribution in [-0.2, 0) is 0 Å². The van der Waals surface area contributed by atoms with Crippen molar-refractivity contribution in [3.8, 4) is 0 Å². The second-order valence-electron chi connectivity index (χ2n) is 7.14. The Morgan fingerprint density at radius 3 is 2.72 bits per heavy atom. The lowest BCUT2D eigenvalue weighted by Crippen LogP contribution is -2.38. The highest BCUT2D eigenvalue weighted by atomic mass is 16.5. The zero-order chi connectivity index (χ0) is 20.4. The van der Waals surface area contributed by atoms with E-state index in [1.165, 1.54) is 6.20 Å². The second-order valence-corrected chi connectivity index (χ2v) is 7.14. The quantitative estimate of drug-likeness (QED) is 0.704. The number of amides is 1. The van der Waals surface area contributed by atoms with Gasteiger partial charge in [0.25, 0.3) is 11.5 Å². The van der Waals surface area contributed by atoms with E-state index in [2.05, 4.69) is 20.1 Å². The Morgan fingerprint density at radius 2 is 2.07 bits per heavy atom. The zero-order valence-corrected chi connectivity index (χ0v) is 16.6. The van der Waals surface area contributed by atoms with Crippen molar-refractivity contribution in [2.75, 3.05) is 31.1 Å². The van der Waals surface area contributed by atoms with E-state index in [0.717, 1.165) is 31.6 Å². The van der Waals surface area contributed by atoms with Crippen LogP contribution in [0.3, 0.4) is 0 Å². The van der Waals surface area contributed by atoms with E-state index < -0.39 is 0 Å². The molecule has 4 rings (SSSR count). The first kappa shape index (κ1) is 19.1. The minimum atomic E-state index is -0.177. The maximum Gasteiger partial charge on any atom is 0.292 e. The van der Waals surface area contributed by atoms with Crippen LogP contribution in [0, 0.1) is 0 Å². The molecular formula is C20H24N6O3. The number of fused-ring (bicyclic) bond motifs is 1. The number of hydrogen-bond donors (Lipinski definition) is 1. The molecule has 9 nitrogen and oxygen atoms in total. The molecule has 0 saturated carbocycles. The van der Waals surface area contributed by atoms with E-state index in [-0.39, 0.29) is 23.1 Å². The molecular weight excluding hydrogens is 372 g/mol. The van der Waals surface area contributed by atoms with Gasteiger partial charge in [0.1, 0.15) is 0 Å². The van der Waals surface area contributed by atoms with Crippen LogP contribution in [0.1, 0.15) is 48.9 Å². The van der Waals surface area contributed by atoms with Gasteiger partial charge >= 0.3 is 0 Å². The van der Waals surface area contributed by atoms with Crippen LogP contribution in [0.25, 0.3) is 10.9 Å². The number of carbonyl (C=O) groups is 1. The summed E-state index contributed by atoms with van der Waals surface area (Å²) in [5.74, 6) is 0.900. The molecule has 0 unspecified atom stereocenters. The number of piperidine rings is 1. The number of rotatable bonds is 5. The van der Waals surface area contributed by atoms with Crippen LogP contribution in [0.5, 0.6) is 0 Å². The average molecular weight is 396 g/mol. The molecule has 0 radical (unpaired) electrons. The maximum absolute atomic E-state index is 12.6. The fraction of sp³-hybridized carbons (Fsp3) is 0.450. The third kappa shape index (κ3) is 3.72. The molecule has 1 N–H and O–H groups in total. The first-order chi connectivity index (χ1) is 14.1. The van der Waals surface area contributed by atoms with Crippen LogP contribution in [0.4, 0.5) is 5.95 Å². The van der Waals surface area contributed by atoms with Crippen LogP contribution >= 0.6 is 0 Å². The fourth-order valence-corrected chi connectivity index (χ4v) is 3.81. The molecule has 1 amide bonds. The predicted octanol–water partition coefficient (Wildman–Crippen LogP) is 2.17. The minimum Gasteiger partial charge on any atom is -0.351 e. The molecule has 1 aliphatic rings. The van der Waals surface area contributed by atoms with E-state index in [1.807, 2.05) is 24.8 Å². The number of carbonyl (C=O) groups excluding carboxylic acids is 1. The largest absolute Gasteiger partial charge is 0.351 e. The Balaban J connectivity index is 1.55. The normalized spacial score (nSPS) is 15.0. The Bertz CT molecular complexity index is 1050. The van der Waals surface area contributed by atoms with E-state index in [0.29, 0.717) is 29.9 Å². The van der Waals surface area contributed by atoms with Gasteiger partial charge in [0.15, 0.2) is 0 Å². The lowest BCUT2D eigenvalue weighted by Gasteiger charge is -2.31. The van der Waals surface area contributed by atoms with Crippen molar-refractivity contribution in [1.82, 2.24) is 25.0 Å². The fourth-order valence-electron chi connectivity index (χ4n) is 3.81. The summed E-state index contributed by atoms with van der Waals surface area (Å²) in [6.45, 7) is 6.89. The van der Waals surface area contributed by atoms with Gasteiger partial charge in [-0.2, -0.15) is 0 Å². The van der Waals surface area contributed by atoms with Gasteiger partial charge in [-0.05, 0) is 32.8 Å². The van der Waals surface area contributed by atoms with Gasteiger partial charge < -0.3 is 19.3 Å². The van der Waals surface area contributed by atoms with Crippen LogP contribution in [0.2, 0.25) is 0 Å². The van der Waals surface area contributed by atoms with Crippen molar-refractivity contribution in [2.24, 2.45) is 0 Å². The van der Waals surface area contributed by atoms with Gasteiger partial charge in [0.2, 0.25) is 11.7 Å². The van der Waals surface area contributed by atoms with Gasteiger partial charge in [0.05, 0.1) is 17.1 Å². The standard InChI is InChI=1S/C20H24N6O3/c1-3-25(4-2)20-21-12-14-16(24-20)11-15(23-18(14)27)13-6-9-26(10-7-13)19(28)17-5-8-22-29-17/h5,8,11-13H,3-4,6-7,9-10H2,1-2H3,(H,23,27). The van der Waals surface area contributed by atoms with Crippen molar-refractivity contribution in [2.45, 2.75) is 32.6 Å². The summed E-state index contributed by atoms with van der Waals surface area (Å²) < 4.78 is 4.97. The highest BCUT2D eigenvalue weighted by Gasteiger charge is 2.27. The number of aromatic nitrogens is 4. The summed E-state index contributed by atoms with van der Waals surface area (Å²) in [5.41, 5.74) is 1.34. The number of pyridine rings is 1. The topological polar surface area (TPSA) is 108 Å². The molecule has 1 saturated heterocycles. The molecule has 0 spiro atoms. The average Bonchev–Trinajstić information content (AvgIpc) is 3.29. The molecule has 9 heteroatoms. The summed E-state index contributed by atoms with van der Waals surface area (Å²) in [4.78, 5) is 40.7. The monoisotopic (exact) mass is 396 g/mol. The third-order valence-corrected chi connectivity index (χ3v) is 5.52. The van der Waals surface area contributed by atoms with E-state index in [9.17, 15) is 9.59 Å². The van der Waals surface area contributed by atoms with Gasteiger partial charge in [-0.3, -0.25) is 9.59 Å². The van der Waals surface area contributed by atoms with Gasteiger partial charge in [-0.25, -0.2) is 9.97 Å². The third-order valence-electron chi connectivity index (χ3n) is 5.52. The molecule has 152 valence electrons. The summed E-state index contributed by atoms with van der Waals surface area (Å²) >= 11 is 0. The molecule has 0 aliphatic carbocycles. The molecule has 0 aromatic carbocycles. The van der Waals surface area contributed by atoms with Crippen molar-refractivity contribution < 1.29 is 9.32 Å². The molecule has 3 aromatic rings. The maximum atomic E-state index is 12.6. The number of hydrogen-bond acceptors (Lipinski definition) is 7. The second kappa shape index (κ2) is 8.02. The smallest absolute Gasteiger partial charge is 0.292 e. The number of likely N-dealkylation sites (tertiary alicyclic amines) is 1. The first-order valence-corrected chi connectivity index (χ1v) is 9.95. The van der Waals surface area contributed by atoms with E-state index in [1.54, 1.807) is 17.2 Å². The minimum absolute atomic E-state index is 0.149. The lowest BCUT2D eigenvalue weighted by molar-refractivity contribution is 0.0670. The number of anilines is 1. The summed E-state index contributed by atoms with van der Waals surface area (Å²) in [6, 6.07) is 3.52. The number of aromatic amines is 1. The highest BCUT2D eigenvalue weighted by Crippen LogP contribution is 2.28. The van der Waals surface area contributed by atoms with Crippen molar-refractivity contribution in [1.29, 1.82) is 0 Å². The molecule has 4 heterocycles. The Labute approximate surface area is 167 Å². The van der Waals surface area contributed by atoms with Crippen molar-refractivity contribution in [3.05, 3.63) is 46.3 Å². The first-order valence-electron chi connectivity index (χ1n) is 9.95. The number of nitrogens with zero attached hydrogens (tertiary/aromatic N) is 5. The summed E-state index contributed by atoms with van der Waals surface area (Å²) in [6.07, 6.45) is 4.58. The van der Waals surface area contributed by atoms with Crippen molar-refractivity contribution >= 4 is 22.8 Å². The predicted molar refractivity (Wildman–Crippen MR) is 108 cm³/mol. The lowest BCUT2D eigenvalue weighted by atomic mass is 9.92. The van der Waals surface area contributed by atoms with Crippen LogP contribution < -0.4 is 10.5 Å². The Hall–Kier alpha value is -3.23. The van der Waals surface area contributed by atoms with Crippen LogP contribution in [0.15, 0.2) is 33.8 Å². The molecule has 29 heavy (non-hydrogen) atoms. The molecule has 3 aromatic heterocycles. The van der Waals surface area contributed by atoms with Gasteiger partial charge in [-0.15, -0.1) is 0 Å². The summed E-state index contributed by atoms with van der Waals surface area (Å²) in [7, 11) is 0. The number of nitrogens with one attached hydrogen (secondary N) is 1. The highest BCUT2D eigenvalue weighted by molar-refractivity contribution is 5.91. The molecule has 1 fully saturated rings. The SMILES string of the molecule is CCN(CC)c1ncc2c(=O)[nH]c(C3CCN(C(=O)c4ccno4)CC3)cc2n1. The molecule has 1 aliphatic heterocycles. The zero-order valence-electron chi connectivity index (χ0n) is 16.6.